The van der Waals surface area contributed by atoms with Gasteiger partial charge in [0.05, 0.1) is 19.8 Å². The maximum atomic E-state index is 12.1. The average Bonchev–Trinajstić information content (AvgIpc) is 2.80. The van der Waals surface area contributed by atoms with Gasteiger partial charge in [0.1, 0.15) is 6.04 Å². The fourth-order valence-corrected chi connectivity index (χ4v) is 4.61. The number of carbonyl (C=O) groups is 1. The number of fused-ring (bicyclic) bond motifs is 1. The summed E-state index contributed by atoms with van der Waals surface area (Å²) in [6, 6.07) is 19.9. The summed E-state index contributed by atoms with van der Waals surface area (Å²) in [7, 11) is 1.63. The number of piperidine rings is 1. The average molecular weight is 420 g/mol. The predicted molar refractivity (Wildman–Crippen MR) is 122 cm³/mol. The molecule has 1 saturated heterocycles. The standard InChI is InChI=1S/C26H29NO4/c1-3-31-24-17-21(13-14-23(24)30-2)25(27-15-7-6-10-22(27)26(28)29)20-12-11-18-8-4-5-9-19(18)16-20/h4-5,8-9,11-14,16-17,22,25H,3,6-7,10,15H2,1-2H3,(H,28,29). The molecule has 0 saturated carbocycles. The minimum atomic E-state index is -0.760. The third-order valence-electron chi connectivity index (χ3n) is 6.05. The quantitative estimate of drug-likeness (QED) is 0.565. The predicted octanol–water partition coefficient (Wildman–Crippen LogP) is 5.28. The first-order valence-corrected chi connectivity index (χ1v) is 10.9. The third-order valence-corrected chi connectivity index (χ3v) is 6.05. The Kier molecular flexibility index (Phi) is 6.42. The third kappa shape index (κ3) is 4.37. The zero-order valence-corrected chi connectivity index (χ0v) is 18.1. The molecule has 1 fully saturated rings. The minimum absolute atomic E-state index is 0.184. The van der Waals surface area contributed by atoms with Crippen LogP contribution in [0.15, 0.2) is 60.7 Å². The van der Waals surface area contributed by atoms with Crippen LogP contribution in [-0.4, -0.2) is 42.3 Å². The van der Waals surface area contributed by atoms with E-state index < -0.39 is 12.0 Å². The first kappa shape index (κ1) is 21.2. The van der Waals surface area contributed by atoms with E-state index in [4.69, 9.17) is 9.47 Å². The number of benzene rings is 3. The molecule has 0 spiro atoms. The molecule has 1 aliphatic rings. The van der Waals surface area contributed by atoms with Gasteiger partial charge < -0.3 is 14.6 Å². The molecule has 0 aliphatic carbocycles. The molecule has 5 heteroatoms. The summed E-state index contributed by atoms with van der Waals surface area (Å²) in [6.45, 7) is 3.21. The van der Waals surface area contributed by atoms with E-state index >= 15 is 0 Å². The van der Waals surface area contributed by atoms with E-state index in [9.17, 15) is 9.90 Å². The summed E-state index contributed by atoms with van der Waals surface area (Å²) in [5, 5.41) is 12.3. The van der Waals surface area contributed by atoms with Crippen molar-refractivity contribution in [3.8, 4) is 11.5 Å². The normalized spacial score (nSPS) is 17.9. The fraction of sp³-hybridized carbons (Fsp3) is 0.346. The van der Waals surface area contributed by atoms with Gasteiger partial charge in [-0.05, 0) is 66.4 Å². The zero-order chi connectivity index (χ0) is 21.8. The number of hydrogen-bond acceptors (Lipinski definition) is 4. The van der Waals surface area contributed by atoms with Crippen molar-refractivity contribution in [2.75, 3.05) is 20.3 Å². The van der Waals surface area contributed by atoms with Crippen LogP contribution < -0.4 is 9.47 Å². The Bertz CT molecular complexity index is 1060. The molecular weight excluding hydrogens is 390 g/mol. The van der Waals surface area contributed by atoms with E-state index in [1.165, 1.54) is 5.39 Å². The molecule has 0 aromatic heterocycles. The van der Waals surface area contributed by atoms with Crippen LogP contribution in [0.4, 0.5) is 0 Å². The van der Waals surface area contributed by atoms with Gasteiger partial charge in [0.2, 0.25) is 0 Å². The van der Waals surface area contributed by atoms with Crippen molar-refractivity contribution in [2.45, 2.75) is 38.3 Å². The lowest BCUT2D eigenvalue weighted by molar-refractivity contribution is -0.145. The molecule has 3 aromatic rings. The lowest BCUT2D eigenvalue weighted by atomic mass is 9.90. The molecule has 1 N–H and O–H groups in total. The summed E-state index contributed by atoms with van der Waals surface area (Å²) < 4.78 is 11.3. The molecule has 0 radical (unpaired) electrons. The molecule has 4 rings (SSSR count). The zero-order valence-electron chi connectivity index (χ0n) is 18.1. The SMILES string of the molecule is CCOc1cc(C(c2ccc3ccccc3c2)N2CCCCC2C(=O)O)ccc1OC. The Labute approximate surface area is 183 Å². The first-order valence-electron chi connectivity index (χ1n) is 10.9. The van der Waals surface area contributed by atoms with Crippen LogP contribution in [0.2, 0.25) is 0 Å². The monoisotopic (exact) mass is 419 g/mol. The Morgan fingerprint density at radius 1 is 1.03 bits per heavy atom. The lowest BCUT2D eigenvalue weighted by Gasteiger charge is -2.40. The highest BCUT2D eigenvalue weighted by molar-refractivity contribution is 5.83. The van der Waals surface area contributed by atoms with Crippen molar-refractivity contribution in [1.29, 1.82) is 0 Å². The number of hydrogen-bond donors (Lipinski definition) is 1. The molecule has 1 heterocycles. The van der Waals surface area contributed by atoms with Crippen LogP contribution in [0.5, 0.6) is 11.5 Å². The summed E-state index contributed by atoms with van der Waals surface area (Å²) in [5.74, 6) is 0.595. The summed E-state index contributed by atoms with van der Waals surface area (Å²) >= 11 is 0. The van der Waals surface area contributed by atoms with Gasteiger partial charge in [-0.2, -0.15) is 0 Å². The summed E-state index contributed by atoms with van der Waals surface area (Å²) in [5.41, 5.74) is 2.09. The van der Waals surface area contributed by atoms with Crippen molar-refractivity contribution in [1.82, 2.24) is 4.90 Å². The molecule has 0 amide bonds. The highest BCUT2D eigenvalue weighted by Gasteiger charge is 2.35. The van der Waals surface area contributed by atoms with Crippen LogP contribution in [0.3, 0.4) is 0 Å². The van der Waals surface area contributed by atoms with E-state index in [0.29, 0.717) is 24.5 Å². The number of rotatable bonds is 7. The van der Waals surface area contributed by atoms with Gasteiger partial charge in [-0.1, -0.05) is 48.9 Å². The van der Waals surface area contributed by atoms with E-state index in [1.54, 1.807) is 7.11 Å². The van der Waals surface area contributed by atoms with Gasteiger partial charge >= 0.3 is 5.97 Å². The molecule has 1 aliphatic heterocycles. The lowest BCUT2D eigenvalue weighted by Crippen LogP contribution is -2.46. The number of methoxy groups -OCH3 is 1. The molecule has 3 aromatic carbocycles. The van der Waals surface area contributed by atoms with Gasteiger partial charge in [-0.25, -0.2) is 0 Å². The molecule has 162 valence electrons. The topological polar surface area (TPSA) is 59.0 Å². The van der Waals surface area contributed by atoms with E-state index in [0.717, 1.165) is 35.9 Å². The molecular formula is C26H29NO4. The van der Waals surface area contributed by atoms with Crippen molar-refractivity contribution in [2.24, 2.45) is 0 Å². The van der Waals surface area contributed by atoms with Gasteiger partial charge in [0, 0.05) is 0 Å². The molecule has 2 atom stereocenters. The number of ether oxygens (including phenoxy) is 2. The maximum Gasteiger partial charge on any atom is 0.320 e. The summed E-state index contributed by atoms with van der Waals surface area (Å²) in [6.07, 6.45) is 2.58. The minimum Gasteiger partial charge on any atom is -0.493 e. The highest BCUT2D eigenvalue weighted by Crippen LogP contribution is 2.39. The van der Waals surface area contributed by atoms with Crippen LogP contribution >= 0.6 is 0 Å². The van der Waals surface area contributed by atoms with Crippen LogP contribution in [-0.2, 0) is 4.79 Å². The summed E-state index contributed by atoms with van der Waals surface area (Å²) in [4.78, 5) is 14.3. The van der Waals surface area contributed by atoms with E-state index in [-0.39, 0.29) is 6.04 Å². The number of nitrogens with zero attached hydrogens (tertiary/aromatic N) is 1. The van der Waals surface area contributed by atoms with Crippen LogP contribution in [0.1, 0.15) is 43.4 Å². The molecule has 5 nitrogen and oxygen atoms in total. The fourth-order valence-electron chi connectivity index (χ4n) is 4.61. The maximum absolute atomic E-state index is 12.1. The Morgan fingerprint density at radius 3 is 2.52 bits per heavy atom. The second-order valence-electron chi connectivity index (χ2n) is 7.94. The Hall–Kier alpha value is -3.05. The van der Waals surface area contributed by atoms with Crippen molar-refractivity contribution in [3.63, 3.8) is 0 Å². The first-order chi connectivity index (χ1) is 15.1. The van der Waals surface area contributed by atoms with Gasteiger partial charge in [-0.3, -0.25) is 9.69 Å². The van der Waals surface area contributed by atoms with Gasteiger partial charge in [-0.15, -0.1) is 0 Å². The van der Waals surface area contributed by atoms with Gasteiger partial charge in [0.15, 0.2) is 11.5 Å². The van der Waals surface area contributed by atoms with Gasteiger partial charge in [0.25, 0.3) is 0 Å². The second-order valence-corrected chi connectivity index (χ2v) is 7.94. The van der Waals surface area contributed by atoms with Crippen LogP contribution in [0.25, 0.3) is 10.8 Å². The number of likely N-dealkylation sites (tertiary alicyclic amines) is 1. The molecule has 0 bridgehead atoms. The largest absolute Gasteiger partial charge is 0.493 e. The van der Waals surface area contributed by atoms with Crippen LogP contribution in [0, 0.1) is 0 Å². The van der Waals surface area contributed by atoms with Crippen molar-refractivity contribution < 1.29 is 19.4 Å². The Morgan fingerprint density at radius 2 is 1.77 bits per heavy atom. The van der Waals surface area contributed by atoms with Crippen molar-refractivity contribution in [3.05, 3.63) is 71.8 Å². The Balaban J connectivity index is 1.86. The van der Waals surface area contributed by atoms with E-state index in [1.807, 2.05) is 37.3 Å². The highest BCUT2D eigenvalue weighted by atomic mass is 16.5. The number of carboxylic acids is 1. The number of aliphatic carboxylic acids is 1. The number of carboxylic acid groups (broad SMARTS) is 1. The molecule has 2 unspecified atom stereocenters. The van der Waals surface area contributed by atoms with Crippen molar-refractivity contribution >= 4 is 16.7 Å². The molecule has 31 heavy (non-hydrogen) atoms. The second kappa shape index (κ2) is 9.40. The van der Waals surface area contributed by atoms with E-state index in [2.05, 4.69) is 35.2 Å². The smallest absolute Gasteiger partial charge is 0.320 e.